The Kier molecular flexibility index (Phi) is 5.43. The second kappa shape index (κ2) is 7.51. The molecular formula is C16H21N5O. The molecule has 6 nitrogen and oxygen atoms in total. The zero-order chi connectivity index (χ0) is 15.9. The number of carbonyl (C=O) groups is 1. The first kappa shape index (κ1) is 15.9. The molecule has 0 spiro atoms. The summed E-state index contributed by atoms with van der Waals surface area (Å²) in [4.78, 5) is 22.5. The van der Waals surface area contributed by atoms with E-state index in [0.717, 1.165) is 24.3 Å². The molecule has 0 radical (unpaired) electrons. The molecule has 0 aliphatic rings. The van der Waals surface area contributed by atoms with Gasteiger partial charge in [0.2, 0.25) is 0 Å². The normalized spacial score (nSPS) is 10.5. The average Bonchev–Trinajstić information content (AvgIpc) is 2.47. The molecule has 2 N–H and O–H groups in total. The molecule has 6 heteroatoms. The molecule has 0 saturated heterocycles. The number of anilines is 2. The van der Waals surface area contributed by atoms with Crippen LogP contribution in [0.3, 0.4) is 0 Å². The van der Waals surface area contributed by atoms with Gasteiger partial charge in [-0.2, -0.15) is 0 Å². The Hall–Kier alpha value is -2.47. The van der Waals surface area contributed by atoms with E-state index in [0.29, 0.717) is 11.5 Å². The summed E-state index contributed by atoms with van der Waals surface area (Å²) in [5, 5.41) is 5.96. The van der Waals surface area contributed by atoms with E-state index >= 15 is 0 Å². The number of nitrogens with one attached hydrogen (secondary N) is 2. The predicted molar refractivity (Wildman–Crippen MR) is 88.2 cm³/mol. The largest absolute Gasteiger partial charge is 0.368 e. The lowest BCUT2D eigenvalue weighted by atomic mass is 10.2. The van der Waals surface area contributed by atoms with Crippen molar-refractivity contribution in [3.05, 3.63) is 47.9 Å². The number of carbonyl (C=O) groups excluding carboxylic acids is 1. The maximum atomic E-state index is 12.1. The van der Waals surface area contributed by atoms with Gasteiger partial charge in [0.15, 0.2) is 0 Å². The third kappa shape index (κ3) is 4.82. The van der Waals surface area contributed by atoms with E-state index in [1.807, 2.05) is 45.3 Å². The number of aryl methyl sites for hydroxylation is 1. The van der Waals surface area contributed by atoms with Gasteiger partial charge in [-0.1, -0.05) is 12.1 Å². The Morgan fingerprint density at radius 2 is 2.05 bits per heavy atom. The fourth-order valence-electron chi connectivity index (χ4n) is 1.86. The number of rotatable bonds is 6. The maximum absolute atomic E-state index is 12.1. The summed E-state index contributed by atoms with van der Waals surface area (Å²) in [6.07, 6.45) is 3.05. The van der Waals surface area contributed by atoms with Gasteiger partial charge < -0.3 is 15.5 Å². The molecule has 0 saturated carbocycles. The maximum Gasteiger partial charge on any atom is 0.275 e. The summed E-state index contributed by atoms with van der Waals surface area (Å²) in [6, 6.07) is 7.62. The fraction of sp³-hybridized carbons (Fsp3) is 0.312. The Bertz CT molecular complexity index is 625. The van der Waals surface area contributed by atoms with Crippen LogP contribution in [0.4, 0.5) is 11.5 Å². The van der Waals surface area contributed by atoms with Crippen molar-refractivity contribution in [1.29, 1.82) is 0 Å². The summed E-state index contributed by atoms with van der Waals surface area (Å²) < 4.78 is 0. The zero-order valence-electron chi connectivity index (χ0n) is 13.1. The molecule has 0 unspecified atom stereocenters. The van der Waals surface area contributed by atoms with Crippen LogP contribution in [-0.2, 0) is 0 Å². The second-order valence-corrected chi connectivity index (χ2v) is 5.34. The lowest BCUT2D eigenvalue weighted by Crippen LogP contribution is -2.21. The number of amides is 1. The minimum absolute atomic E-state index is 0.266. The van der Waals surface area contributed by atoms with Crippen molar-refractivity contribution in [2.24, 2.45) is 0 Å². The van der Waals surface area contributed by atoms with Crippen molar-refractivity contribution in [3.63, 3.8) is 0 Å². The van der Waals surface area contributed by atoms with Gasteiger partial charge in [-0.3, -0.25) is 4.79 Å². The molecule has 22 heavy (non-hydrogen) atoms. The lowest BCUT2D eigenvalue weighted by molar-refractivity contribution is 0.102. The average molecular weight is 299 g/mol. The van der Waals surface area contributed by atoms with Crippen molar-refractivity contribution in [3.8, 4) is 0 Å². The summed E-state index contributed by atoms with van der Waals surface area (Å²) in [6.45, 7) is 3.65. The molecule has 1 heterocycles. The van der Waals surface area contributed by atoms with Crippen LogP contribution in [0, 0.1) is 6.92 Å². The summed E-state index contributed by atoms with van der Waals surface area (Å²) in [7, 11) is 4.01. The van der Waals surface area contributed by atoms with Crippen molar-refractivity contribution >= 4 is 17.4 Å². The lowest BCUT2D eigenvalue weighted by Gasteiger charge is -2.10. The fourth-order valence-corrected chi connectivity index (χ4v) is 1.86. The molecule has 0 fully saturated rings. The number of aromatic nitrogens is 2. The van der Waals surface area contributed by atoms with E-state index in [2.05, 4.69) is 25.5 Å². The first-order valence-electron chi connectivity index (χ1n) is 7.13. The van der Waals surface area contributed by atoms with Crippen molar-refractivity contribution in [2.75, 3.05) is 37.8 Å². The highest BCUT2D eigenvalue weighted by Crippen LogP contribution is 2.11. The Labute approximate surface area is 130 Å². The molecule has 0 aliphatic heterocycles. The number of hydrogen-bond donors (Lipinski definition) is 2. The Morgan fingerprint density at radius 1 is 1.23 bits per heavy atom. The van der Waals surface area contributed by atoms with Crippen LogP contribution in [-0.4, -0.2) is 48.0 Å². The molecule has 116 valence electrons. The smallest absolute Gasteiger partial charge is 0.275 e. The van der Waals surface area contributed by atoms with Crippen molar-refractivity contribution < 1.29 is 4.79 Å². The number of nitrogens with zero attached hydrogens (tertiary/aromatic N) is 3. The molecule has 1 aromatic heterocycles. The highest BCUT2D eigenvalue weighted by molar-refractivity contribution is 6.02. The first-order chi connectivity index (χ1) is 10.5. The van der Waals surface area contributed by atoms with E-state index in [1.54, 1.807) is 6.20 Å². The van der Waals surface area contributed by atoms with Crippen LogP contribution >= 0.6 is 0 Å². The van der Waals surface area contributed by atoms with Crippen molar-refractivity contribution in [1.82, 2.24) is 14.9 Å². The molecule has 1 aromatic carbocycles. The Balaban J connectivity index is 1.93. The van der Waals surface area contributed by atoms with E-state index < -0.39 is 0 Å². The minimum atomic E-state index is -0.266. The van der Waals surface area contributed by atoms with Crippen LogP contribution in [0.1, 0.15) is 16.1 Å². The van der Waals surface area contributed by atoms with E-state index in [4.69, 9.17) is 0 Å². The molecule has 2 aromatic rings. The SMILES string of the molecule is Cc1cccc(NC(=O)c2cnc(NCCN(C)C)cn2)c1. The molecular weight excluding hydrogens is 278 g/mol. The minimum Gasteiger partial charge on any atom is -0.368 e. The second-order valence-electron chi connectivity index (χ2n) is 5.34. The quantitative estimate of drug-likeness (QED) is 0.854. The summed E-state index contributed by atoms with van der Waals surface area (Å²) in [5.41, 5.74) is 2.13. The monoisotopic (exact) mass is 299 g/mol. The van der Waals surface area contributed by atoms with Gasteiger partial charge in [0.1, 0.15) is 11.5 Å². The number of benzene rings is 1. The number of hydrogen-bond acceptors (Lipinski definition) is 5. The zero-order valence-corrected chi connectivity index (χ0v) is 13.1. The van der Waals surface area contributed by atoms with E-state index in [9.17, 15) is 4.79 Å². The Morgan fingerprint density at radius 3 is 2.68 bits per heavy atom. The van der Waals surface area contributed by atoms with Gasteiger partial charge in [-0.05, 0) is 38.7 Å². The molecule has 0 bridgehead atoms. The van der Waals surface area contributed by atoms with Crippen LogP contribution in [0.15, 0.2) is 36.7 Å². The first-order valence-corrected chi connectivity index (χ1v) is 7.13. The van der Waals surface area contributed by atoms with Crippen molar-refractivity contribution in [2.45, 2.75) is 6.92 Å². The van der Waals surface area contributed by atoms with Crippen LogP contribution in [0.5, 0.6) is 0 Å². The predicted octanol–water partition coefficient (Wildman–Crippen LogP) is 2.01. The van der Waals surface area contributed by atoms with E-state index in [-0.39, 0.29) is 5.91 Å². The standard InChI is InChI=1S/C16H21N5O/c1-12-5-4-6-13(9-12)20-16(22)14-10-19-15(11-18-14)17-7-8-21(2)3/h4-6,9-11H,7-8H2,1-3H3,(H,17,19)(H,20,22). The van der Waals surface area contributed by atoms with Gasteiger partial charge in [0, 0.05) is 18.8 Å². The molecule has 2 rings (SSSR count). The van der Waals surface area contributed by atoms with Gasteiger partial charge in [0.05, 0.1) is 12.4 Å². The molecule has 0 atom stereocenters. The molecule has 1 amide bonds. The topological polar surface area (TPSA) is 70.2 Å². The highest BCUT2D eigenvalue weighted by atomic mass is 16.1. The van der Waals surface area contributed by atoms with Gasteiger partial charge in [-0.25, -0.2) is 9.97 Å². The van der Waals surface area contributed by atoms with Gasteiger partial charge >= 0.3 is 0 Å². The highest BCUT2D eigenvalue weighted by Gasteiger charge is 2.08. The van der Waals surface area contributed by atoms with Gasteiger partial charge in [-0.15, -0.1) is 0 Å². The van der Waals surface area contributed by atoms with Crippen LogP contribution in [0.25, 0.3) is 0 Å². The summed E-state index contributed by atoms with van der Waals surface area (Å²) in [5.74, 6) is 0.395. The molecule has 0 aliphatic carbocycles. The third-order valence-corrected chi connectivity index (χ3v) is 3.03. The summed E-state index contributed by atoms with van der Waals surface area (Å²) >= 11 is 0. The third-order valence-electron chi connectivity index (χ3n) is 3.03. The van der Waals surface area contributed by atoms with E-state index in [1.165, 1.54) is 6.20 Å². The van der Waals surface area contributed by atoms with Gasteiger partial charge in [0.25, 0.3) is 5.91 Å². The van der Waals surface area contributed by atoms with Crippen LogP contribution < -0.4 is 10.6 Å². The number of likely N-dealkylation sites (N-methyl/N-ethyl adjacent to an activating group) is 1. The van der Waals surface area contributed by atoms with Crippen LogP contribution in [0.2, 0.25) is 0 Å².